The van der Waals surface area contributed by atoms with Crippen LogP contribution in [0.15, 0.2) is 138 Å². The summed E-state index contributed by atoms with van der Waals surface area (Å²) in [7, 11) is 0. The molecule has 0 saturated heterocycles. The van der Waals surface area contributed by atoms with Crippen LogP contribution in [0.1, 0.15) is 27.8 Å². The molecule has 0 saturated carbocycles. The predicted octanol–water partition coefficient (Wildman–Crippen LogP) is 9.94. The minimum atomic E-state index is -0.601. The van der Waals surface area contributed by atoms with Gasteiger partial charge in [0.2, 0.25) is 0 Å². The molecule has 0 atom stereocenters. The molecule has 5 aromatic carbocycles. The molecule has 1 heterocycles. The molecule has 0 spiro atoms. The van der Waals surface area contributed by atoms with Crippen LogP contribution in [0.2, 0.25) is 5.02 Å². The Morgan fingerprint density at radius 2 is 1.13 bits per heavy atom. The van der Waals surface area contributed by atoms with Gasteiger partial charge in [0.15, 0.2) is 0 Å². The molecule has 0 N–H and O–H groups in total. The predicted molar refractivity (Wildman–Crippen MR) is 157 cm³/mol. The van der Waals surface area contributed by atoms with Gasteiger partial charge in [-0.05, 0) is 41.3 Å². The first-order valence-electron chi connectivity index (χ1n) is 12.9. The molecule has 0 fully saturated rings. The van der Waals surface area contributed by atoms with Gasteiger partial charge in [-0.1, -0.05) is 138 Å². The van der Waals surface area contributed by atoms with E-state index in [0.717, 1.165) is 44.4 Å². The molecule has 38 heavy (non-hydrogen) atoms. The van der Waals surface area contributed by atoms with Crippen LogP contribution >= 0.6 is 11.6 Å². The van der Waals surface area contributed by atoms with Crippen molar-refractivity contribution in [3.63, 3.8) is 0 Å². The fourth-order valence-corrected chi connectivity index (χ4v) is 6.24. The van der Waals surface area contributed by atoms with Gasteiger partial charge in [-0.3, -0.25) is 0 Å². The normalized spacial score (nSPS) is 13.2. The van der Waals surface area contributed by atoms with E-state index < -0.39 is 5.41 Å². The maximum absolute atomic E-state index is 6.95. The zero-order chi connectivity index (χ0) is 25.7. The Labute approximate surface area is 228 Å². The quantitative estimate of drug-likeness (QED) is 0.230. The summed E-state index contributed by atoms with van der Waals surface area (Å²) in [5.41, 5.74) is 9.71. The number of furan rings is 1. The molecule has 2 heteroatoms. The van der Waals surface area contributed by atoms with Crippen LogP contribution in [0.4, 0.5) is 0 Å². The molecule has 0 bridgehead atoms. The van der Waals surface area contributed by atoms with Gasteiger partial charge in [0, 0.05) is 27.3 Å². The fourth-order valence-electron chi connectivity index (χ4n) is 6.07. The largest absolute Gasteiger partial charge is 0.455 e. The molecule has 1 aromatic heterocycles. The summed E-state index contributed by atoms with van der Waals surface area (Å²) >= 11 is 6.74. The summed E-state index contributed by atoms with van der Waals surface area (Å²) in [5, 5.41) is 0.722. The van der Waals surface area contributed by atoms with Crippen LogP contribution in [0.25, 0.3) is 33.8 Å². The Balaban J connectivity index is 1.70. The number of aryl methyl sites for hydroxylation is 1. The maximum atomic E-state index is 6.95. The average molecular weight is 509 g/mol. The zero-order valence-corrected chi connectivity index (χ0v) is 21.7. The van der Waals surface area contributed by atoms with E-state index in [-0.39, 0.29) is 0 Å². The zero-order valence-electron chi connectivity index (χ0n) is 21.0. The second kappa shape index (κ2) is 8.90. The first-order chi connectivity index (χ1) is 18.7. The second-order valence-corrected chi connectivity index (χ2v) is 10.4. The van der Waals surface area contributed by atoms with Gasteiger partial charge >= 0.3 is 0 Å². The van der Waals surface area contributed by atoms with Crippen LogP contribution in [0, 0.1) is 6.92 Å². The molecule has 0 radical (unpaired) electrons. The van der Waals surface area contributed by atoms with E-state index in [2.05, 4.69) is 128 Å². The third kappa shape index (κ3) is 3.32. The summed E-state index contributed by atoms with van der Waals surface area (Å²) < 4.78 is 6.95. The van der Waals surface area contributed by atoms with Gasteiger partial charge in [-0.15, -0.1) is 0 Å². The highest BCUT2D eigenvalue weighted by Gasteiger charge is 2.51. The van der Waals surface area contributed by atoms with Crippen LogP contribution in [0.5, 0.6) is 0 Å². The Hall–Kier alpha value is -4.33. The fraction of sp³-hybridized carbons (Fsp3) is 0.0556. The van der Waals surface area contributed by atoms with Crippen molar-refractivity contribution in [3.8, 4) is 33.8 Å². The van der Waals surface area contributed by atoms with E-state index in [4.69, 9.17) is 16.0 Å². The van der Waals surface area contributed by atoms with E-state index >= 15 is 0 Å². The van der Waals surface area contributed by atoms with Gasteiger partial charge in [0.1, 0.15) is 11.5 Å². The maximum Gasteiger partial charge on any atom is 0.142 e. The van der Waals surface area contributed by atoms with Crippen LogP contribution in [0.3, 0.4) is 0 Å². The first-order valence-corrected chi connectivity index (χ1v) is 13.3. The Morgan fingerprint density at radius 1 is 0.579 bits per heavy atom. The van der Waals surface area contributed by atoms with E-state index in [1.807, 2.05) is 12.1 Å². The van der Waals surface area contributed by atoms with Gasteiger partial charge in [-0.25, -0.2) is 0 Å². The summed E-state index contributed by atoms with van der Waals surface area (Å²) in [5.74, 6) is 1.77. The first kappa shape index (κ1) is 22.8. The molecule has 182 valence electrons. The average Bonchev–Trinajstić information content (AvgIpc) is 3.49. The molecule has 0 aliphatic heterocycles. The lowest BCUT2D eigenvalue weighted by molar-refractivity contribution is 0.587. The molecule has 1 aliphatic carbocycles. The van der Waals surface area contributed by atoms with E-state index in [1.165, 1.54) is 22.3 Å². The number of hydrogen-bond donors (Lipinski definition) is 0. The second-order valence-electron chi connectivity index (χ2n) is 9.91. The van der Waals surface area contributed by atoms with Gasteiger partial charge in [0.05, 0.1) is 5.41 Å². The lowest BCUT2D eigenvalue weighted by atomic mass is 9.67. The number of rotatable bonds is 4. The minimum absolute atomic E-state index is 0.601. The lowest BCUT2D eigenvalue weighted by Gasteiger charge is -2.33. The summed E-state index contributed by atoms with van der Waals surface area (Å²) in [4.78, 5) is 0. The van der Waals surface area contributed by atoms with Crippen molar-refractivity contribution < 1.29 is 4.42 Å². The number of benzene rings is 5. The number of fused-ring (bicyclic) bond motifs is 3. The highest BCUT2D eigenvalue weighted by molar-refractivity contribution is 6.30. The van der Waals surface area contributed by atoms with Crippen molar-refractivity contribution in [3.05, 3.63) is 166 Å². The molecule has 7 rings (SSSR count). The van der Waals surface area contributed by atoms with E-state index in [9.17, 15) is 0 Å². The van der Waals surface area contributed by atoms with Crippen molar-refractivity contribution in [2.24, 2.45) is 0 Å². The molecule has 0 amide bonds. The number of hydrogen-bond acceptors (Lipinski definition) is 1. The highest BCUT2D eigenvalue weighted by atomic mass is 35.5. The summed E-state index contributed by atoms with van der Waals surface area (Å²) in [6.45, 7) is 2.11. The molecule has 1 nitrogen and oxygen atoms in total. The standard InChI is InChI=1S/C36H25ClO/c1-24-17-19-26(20-18-24)34-32-30-22-21-29(37)23-31(30)36(27-13-7-3-8-14-27,28-15-9-4-10-16-28)33(32)35(38-34)25-11-5-2-6-12-25/h2-23H,1H3. The van der Waals surface area contributed by atoms with E-state index in [1.54, 1.807) is 0 Å². The molecule has 6 aromatic rings. The Morgan fingerprint density at radius 3 is 1.74 bits per heavy atom. The van der Waals surface area contributed by atoms with Crippen LogP contribution < -0.4 is 0 Å². The molecular weight excluding hydrogens is 484 g/mol. The van der Waals surface area contributed by atoms with Crippen molar-refractivity contribution in [2.45, 2.75) is 12.3 Å². The van der Waals surface area contributed by atoms with Crippen LogP contribution in [-0.2, 0) is 5.41 Å². The van der Waals surface area contributed by atoms with Crippen molar-refractivity contribution in [1.29, 1.82) is 0 Å². The summed E-state index contributed by atoms with van der Waals surface area (Å²) in [6.07, 6.45) is 0. The smallest absolute Gasteiger partial charge is 0.142 e. The Kier molecular flexibility index (Phi) is 5.35. The molecule has 1 aliphatic rings. The minimum Gasteiger partial charge on any atom is -0.455 e. The highest BCUT2D eigenvalue weighted by Crippen LogP contribution is 2.62. The van der Waals surface area contributed by atoms with E-state index in [0.29, 0.717) is 0 Å². The lowest BCUT2D eigenvalue weighted by Crippen LogP contribution is -2.28. The van der Waals surface area contributed by atoms with Crippen molar-refractivity contribution in [1.82, 2.24) is 0 Å². The van der Waals surface area contributed by atoms with Crippen LogP contribution in [-0.4, -0.2) is 0 Å². The Bertz CT molecular complexity index is 1710. The topological polar surface area (TPSA) is 13.1 Å². The SMILES string of the molecule is Cc1ccc(-c2oc(-c3ccccc3)c3c2-c2ccc(Cl)cc2C3(c2ccccc2)c2ccccc2)cc1. The van der Waals surface area contributed by atoms with Crippen molar-refractivity contribution in [2.75, 3.05) is 0 Å². The molecule has 0 unspecified atom stereocenters. The third-order valence-corrected chi connectivity index (χ3v) is 7.94. The monoisotopic (exact) mass is 508 g/mol. The number of halogens is 1. The van der Waals surface area contributed by atoms with Gasteiger partial charge in [-0.2, -0.15) is 0 Å². The van der Waals surface area contributed by atoms with Gasteiger partial charge < -0.3 is 4.42 Å². The van der Waals surface area contributed by atoms with Gasteiger partial charge in [0.25, 0.3) is 0 Å². The summed E-state index contributed by atoms with van der Waals surface area (Å²) in [6, 6.07) is 46.8. The molecular formula is C36H25ClO. The van der Waals surface area contributed by atoms with Crippen molar-refractivity contribution >= 4 is 11.6 Å². The third-order valence-electron chi connectivity index (χ3n) is 7.70.